The molecule has 0 saturated carbocycles. The van der Waals surface area contributed by atoms with Gasteiger partial charge in [0, 0.05) is 24.4 Å². The van der Waals surface area contributed by atoms with Crippen molar-refractivity contribution in [2.24, 2.45) is 0 Å². The summed E-state index contributed by atoms with van der Waals surface area (Å²) in [5, 5.41) is 13.0. The minimum atomic E-state index is -0.593. The van der Waals surface area contributed by atoms with Gasteiger partial charge in [-0.3, -0.25) is 15.4 Å². The molecule has 0 radical (unpaired) electrons. The molecule has 7 nitrogen and oxygen atoms in total. The van der Waals surface area contributed by atoms with Crippen LogP contribution in [0.5, 0.6) is 0 Å². The largest absolute Gasteiger partial charge is 0.447 e. The van der Waals surface area contributed by atoms with E-state index in [9.17, 15) is 14.9 Å². The normalized spacial score (nSPS) is 18.0. The lowest BCUT2D eigenvalue weighted by molar-refractivity contribution is -0.384. The summed E-state index contributed by atoms with van der Waals surface area (Å²) >= 11 is 0. The van der Waals surface area contributed by atoms with Crippen molar-refractivity contribution in [1.29, 1.82) is 0 Å². The molecule has 1 atom stereocenters. The number of ether oxygens (including phenoxy) is 2. The summed E-state index contributed by atoms with van der Waals surface area (Å²) in [7, 11) is 0. The van der Waals surface area contributed by atoms with E-state index in [0.717, 1.165) is 12.8 Å². The lowest BCUT2D eigenvalue weighted by atomic mass is 10.2. The maximum absolute atomic E-state index is 11.5. The zero-order valence-electron chi connectivity index (χ0n) is 10.2. The van der Waals surface area contributed by atoms with Crippen molar-refractivity contribution < 1.29 is 19.2 Å². The Morgan fingerprint density at radius 3 is 2.79 bits per heavy atom. The molecule has 0 bridgehead atoms. The second-order valence-electron chi connectivity index (χ2n) is 4.16. The van der Waals surface area contributed by atoms with Crippen LogP contribution in [-0.2, 0) is 9.47 Å². The zero-order chi connectivity index (χ0) is 13.7. The van der Waals surface area contributed by atoms with E-state index in [4.69, 9.17) is 9.47 Å². The van der Waals surface area contributed by atoms with Crippen LogP contribution in [-0.4, -0.2) is 30.3 Å². The van der Waals surface area contributed by atoms with Gasteiger partial charge in [-0.1, -0.05) is 0 Å². The van der Waals surface area contributed by atoms with Gasteiger partial charge in [0.25, 0.3) is 5.69 Å². The number of benzene rings is 1. The molecule has 1 saturated heterocycles. The van der Waals surface area contributed by atoms with Crippen LogP contribution < -0.4 is 5.32 Å². The van der Waals surface area contributed by atoms with Crippen LogP contribution in [0.1, 0.15) is 12.8 Å². The maximum Gasteiger partial charge on any atom is 0.411 e. The van der Waals surface area contributed by atoms with Crippen molar-refractivity contribution in [2.45, 2.75) is 18.9 Å². The summed E-state index contributed by atoms with van der Waals surface area (Å²) in [6.45, 7) is 0.927. The average Bonchev–Trinajstić information content (AvgIpc) is 2.90. The third-order valence-corrected chi connectivity index (χ3v) is 2.75. The van der Waals surface area contributed by atoms with Crippen LogP contribution in [0.4, 0.5) is 16.2 Å². The Bertz CT molecular complexity index is 454. The van der Waals surface area contributed by atoms with E-state index in [1.54, 1.807) is 0 Å². The number of nitro groups is 1. The number of hydrogen-bond acceptors (Lipinski definition) is 5. The first-order valence-corrected chi connectivity index (χ1v) is 5.95. The fraction of sp³-hybridized carbons (Fsp3) is 0.417. The quantitative estimate of drug-likeness (QED) is 0.667. The molecule has 0 aliphatic carbocycles. The molecule has 2 rings (SSSR count). The fourth-order valence-corrected chi connectivity index (χ4v) is 1.76. The predicted molar refractivity (Wildman–Crippen MR) is 67.0 cm³/mol. The smallest absolute Gasteiger partial charge is 0.411 e. The number of nitrogens with zero attached hydrogens (tertiary/aromatic N) is 1. The van der Waals surface area contributed by atoms with Crippen LogP contribution in [0.25, 0.3) is 0 Å². The number of rotatable bonds is 4. The minimum Gasteiger partial charge on any atom is -0.447 e. The van der Waals surface area contributed by atoms with E-state index in [2.05, 4.69) is 5.32 Å². The maximum atomic E-state index is 11.5. The summed E-state index contributed by atoms with van der Waals surface area (Å²) < 4.78 is 10.3. The Balaban J connectivity index is 1.79. The molecule has 1 N–H and O–H groups in total. The Labute approximate surface area is 109 Å². The Hall–Kier alpha value is -2.15. The molecule has 0 unspecified atom stereocenters. The highest BCUT2D eigenvalue weighted by molar-refractivity contribution is 5.84. The molecule has 1 amide bonds. The van der Waals surface area contributed by atoms with Gasteiger partial charge in [0.1, 0.15) is 6.61 Å². The monoisotopic (exact) mass is 266 g/mol. The number of non-ortho nitro benzene ring substituents is 1. The van der Waals surface area contributed by atoms with Crippen LogP contribution in [0.2, 0.25) is 0 Å². The topological polar surface area (TPSA) is 90.7 Å². The molecule has 1 aliphatic rings. The first kappa shape index (κ1) is 13.3. The van der Waals surface area contributed by atoms with Gasteiger partial charge in [-0.25, -0.2) is 4.79 Å². The van der Waals surface area contributed by atoms with Gasteiger partial charge < -0.3 is 9.47 Å². The van der Waals surface area contributed by atoms with Crippen molar-refractivity contribution in [3.63, 3.8) is 0 Å². The van der Waals surface area contributed by atoms with Crippen molar-refractivity contribution >= 4 is 17.5 Å². The molecule has 0 aromatic heterocycles. The highest BCUT2D eigenvalue weighted by Gasteiger charge is 2.17. The Morgan fingerprint density at radius 2 is 2.21 bits per heavy atom. The van der Waals surface area contributed by atoms with Gasteiger partial charge in [0.15, 0.2) is 0 Å². The molecule has 1 aromatic carbocycles. The molecule has 1 aliphatic heterocycles. The molecule has 1 aromatic rings. The van der Waals surface area contributed by atoms with E-state index in [0.29, 0.717) is 12.3 Å². The van der Waals surface area contributed by atoms with E-state index < -0.39 is 11.0 Å². The fourth-order valence-electron chi connectivity index (χ4n) is 1.76. The van der Waals surface area contributed by atoms with Crippen molar-refractivity contribution in [1.82, 2.24) is 0 Å². The van der Waals surface area contributed by atoms with E-state index >= 15 is 0 Å². The SMILES string of the molecule is O=C(Nc1ccc([N+](=O)[O-])cc1)OC[C@@H]1CCCO1. The Kier molecular flexibility index (Phi) is 4.30. The van der Waals surface area contributed by atoms with E-state index in [1.165, 1.54) is 24.3 Å². The molecule has 7 heteroatoms. The number of carbonyl (C=O) groups is 1. The van der Waals surface area contributed by atoms with Gasteiger partial charge in [0.05, 0.1) is 11.0 Å². The number of amides is 1. The average molecular weight is 266 g/mol. The molecule has 1 heterocycles. The first-order valence-electron chi connectivity index (χ1n) is 5.95. The van der Waals surface area contributed by atoms with Crippen LogP contribution in [0.15, 0.2) is 24.3 Å². The minimum absolute atomic E-state index is 0.0254. The molecular formula is C12H14N2O5. The second-order valence-corrected chi connectivity index (χ2v) is 4.16. The molecule has 19 heavy (non-hydrogen) atoms. The van der Waals surface area contributed by atoms with Gasteiger partial charge in [-0.15, -0.1) is 0 Å². The van der Waals surface area contributed by atoms with Crippen molar-refractivity contribution in [3.05, 3.63) is 34.4 Å². The van der Waals surface area contributed by atoms with Crippen LogP contribution in [0, 0.1) is 10.1 Å². The van der Waals surface area contributed by atoms with Gasteiger partial charge in [-0.05, 0) is 25.0 Å². The number of hydrogen-bond donors (Lipinski definition) is 1. The van der Waals surface area contributed by atoms with Gasteiger partial charge in [-0.2, -0.15) is 0 Å². The predicted octanol–water partition coefficient (Wildman–Crippen LogP) is 2.32. The molecular weight excluding hydrogens is 252 g/mol. The first-order chi connectivity index (χ1) is 9.15. The number of carbonyl (C=O) groups excluding carboxylic acids is 1. The lowest BCUT2D eigenvalue weighted by Gasteiger charge is -2.10. The van der Waals surface area contributed by atoms with E-state index in [-0.39, 0.29) is 18.4 Å². The summed E-state index contributed by atoms with van der Waals surface area (Å²) in [6, 6.07) is 5.53. The molecule has 0 spiro atoms. The third kappa shape index (κ3) is 3.92. The Morgan fingerprint density at radius 1 is 1.47 bits per heavy atom. The lowest BCUT2D eigenvalue weighted by Crippen LogP contribution is -2.21. The molecule has 1 fully saturated rings. The number of anilines is 1. The number of nitro benzene ring substituents is 1. The summed E-state index contributed by atoms with van der Waals surface area (Å²) in [4.78, 5) is 21.4. The standard InChI is InChI=1S/C12H14N2O5/c15-12(19-8-11-2-1-7-18-11)13-9-3-5-10(6-4-9)14(16)17/h3-6,11H,1-2,7-8H2,(H,13,15)/t11-/m0/s1. The number of nitrogens with one attached hydrogen (secondary N) is 1. The van der Waals surface area contributed by atoms with Gasteiger partial charge in [0.2, 0.25) is 0 Å². The highest BCUT2D eigenvalue weighted by Crippen LogP contribution is 2.16. The van der Waals surface area contributed by atoms with Crippen molar-refractivity contribution in [2.75, 3.05) is 18.5 Å². The molecule has 102 valence electrons. The third-order valence-electron chi connectivity index (χ3n) is 2.75. The highest BCUT2D eigenvalue weighted by atomic mass is 16.6. The zero-order valence-corrected chi connectivity index (χ0v) is 10.2. The second kappa shape index (κ2) is 6.14. The summed E-state index contributed by atoms with van der Waals surface area (Å²) in [6.07, 6.45) is 1.26. The summed E-state index contributed by atoms with van der Waals surface area (Å²) in [5.74, 6) is 0. The van der Waals surface area contributed by atoms with Gasteiger partial charge >= 0.3 is 6.09 Å². The summed E-state index contributed by atoms with van der Waals surface area (Å²) in [5.41, 5.74) is 0.418. The van der Waals surface area contributed by atoms with Crippen molar-refractivity contribution in [3.8, 4) is 0 Å². The van der Waals surface area contributed by atoms with E-state index in [1.807, 2.05) is 0 Å². The van der Waals surface area contributed by atoms with Crippen LogP contribution >= 0.6 is 0 Å². The van der Waals surface area contributed by atoms with Crippen LogP contribution in [0.3, 0.4) is 0 Å².